The summed E-state index contributed by atoms with van der Waals surface area (Å²) in [6, 6.07) is 67.3. The average molecular weight is 731 g/mol. The minimum atomic E-state index is -0.101. The Kier molecular flexibility index (Phi) is 10.7. The van der Waals surface area contributed by atoms with Crippen molar-refractivity contribution in [2.45, 2.75) is 77.0 Å². The largest absolute Gasteiger partial charge is 0.311 e. The summed E-state index contributed by atoms with van der Waals surface area (Å²) in [5, 5.41) is 0. The van der Waals surface area contributed by atoms with E-state index in [1.807, 2.05) is 0 Å². The molecular weight excluding hydrogens is 677 g/mol. The van der Waals surface area contributed by atoms with Crippen molar-refractivity contribution in [1.82, 2.24) is 0 Å². The summed E-state index contributed by atoms with van der Waals surface area (Å²) in [6.45, 7) is 9.41. The van der Waals surface area contributed by atoms with Crippen LogP contribution in [0.15, 0.2) is 182 Å². The van der Waals surface area contributed by atoms with E-state index in [2.05, 4.69) is 219 Å². The quantitative estimate of drug-likeness (QED) is 0.103. The van der Waals surface area contributed by atoms with E-state index in [1.54, 1.807) is 0 Å². The Morgan fingerprint density at radius 3 is 1.34 bits per heavy atom. The van der Waals surface area contributed by atoms with Gasteiger partial charge in [0.05, 0.1) is 0 Å². The first kappa shape index (κ1) is 37.1. The summed E-state index contributed by atoms with van der Waals surface area (Å²) in [7, 11) is 0. The minimum absolute atomic E-state index is 0.0257. The average Bonchev–Trinajstić information content (AvgIpc) is 3.52. The van der Waals surface area contributed by atoms with Crippen molar-refractivity contribution >= 4 is 34.1 Å². The highest BCUT2D eigenvalue weighted by molar-refractivity contribution is 5.86. The minimum Gasteiger partial charge on any atom is -0.311 e. The molecule has 0 radical (unpaired) electrons. The van der Waals surface area contributed by atoms with Gasteiger partial charge in [0.25, 0.3) is 0 Å². The Balaban J connectivity index is 1.18. The van der Waals surface area contributed by atoms with E-state index in [0.29, 0.717) is 0 Å². The standard InChI is InChI=1S/C54H54N2/c1-5-8-20-39-54(7-3,41-29-33-46(34-30-41)55(43-21-12-9-13-22-43)44-23-14-10-15-24-44)42-31-35-47(36-32-42)56(45-25-16-11-17-26-45)48-37-38-50-49-27-18-19-28-51(49)53(4,6-2)52(50)40-48/h9-19,21-38,40H,5-8,20,39H2,1-4H3. The Labute approximate surface area is 335 Å². The number of fused-ring (bicyclic) bond motifs is 3. The van der Waals surface area contributed by atoms with E-state index in [-0.39, 0.29) is 10.8 Å². The summed E-state index contributed by atoms with van der Waals surface area (Å²) in [5.74, 6) is 0. The van der Waals surface area contributed by atoms with Crippen LogP contribution in [0.25, 0.3) is 11.1 Å². The molecule has 2 nitrogen and oxygen atoms in total. The molecule has 0 aromatic heterocycles. The summed E-state index contributed by atoms with van der Waals surface area (Å²) in [4.78, 5) is 4.78. The SMILES string of the molecule is CCCCCC(CC)(c1ccc(N(c2ccccc2)c2ccccc2)cc1)c1ccc(N(c2ccccc2)c2ccc3c(c2)C(C)(CC)c2ccccc2-3)cc1. The Morgan fingerprint density at radius 1 is 0.429 bits per heavy atom. The molecule has 2 unspecified atom stereocenters. The summed E-state index contributed by atoms with van der Waals surface area (Å²) in [6.07, 6.45) is 6.82. The Hall–Kier alpha value is -5.86. The van der Waals surface area contributed by atoms with Crippen LogP contribution >= 0.6 is 0 Å². The molecule has 0 spiro atoms. The van der Waals surface area contributed by atoms with Crippen LogP contribution in [0.5, 0.6) is 0 Å². The van der Waals surface area contributed by atoms with Crippen LogP contribution in [-0.4, -0.2) is 0 Å². The van der Waals surface area contributed by atoms with Gasteiger partial charge in [0.2, 0.25) is 0 Å². The van der Waals surface area contributed by atoms with E-state index < -0.39 is 0 Å². The van der Waals surface area contributed by atoms with E-state index in [4.69, 9.17) is 0 Å². The van der Waals surface area contributed by atoms with Gasteiger partial charge >= 0.3 is 0 Å². The number of nitrogens with zero attached hydrogens (tertiary/aromatic N) is 2. The van der Waals surface area contributed by atoms with Crippen LogP contribution in [0.2, 0.25) is 0 Å². The second kappa shape index (κ2) is 16.1. The van der Waals surface area contributed by atoms with Gasteiger partial charge in [-0.25, -0.2) is 0 Å². The number of benzene rings is 7. The monoisotopic (exact) mass is 730 g/mol. The molecular formula is C54H54N2. The van der Waals surface area contributed by atoms with Crippen molar-refractivity contribution in [1.29, 1.82) is 0 Å². The number of hydrogen-bond acceptors (Lipinski definition) is 2. The second-order valence-corrected chi connectivity index (χ2v) is 15.6. The summed E-state index contributed by atoms with van der Waals surface area (Å²) >= 11 is 0. The zero-order valence-electron chi connectivity index (χ0n) is 33.5. The smallest absolute Gasteiger partial charge is 0.0465 e. The first-order valence-corrected chi connectivity index (χ1v) is 20.7. The normalized spacial score (nSPS) is 15.4. The number of rotatable bonds is 14. The molecule has 0 bridgehead atoms. The molecule has 0 aliphatic heterocycles. The zero-order chi connectivity index (χ0) is 38.5. The van der Waals surface area contributed by atoms with Crippen molar-refractivity contribution in [2.24, 2.45) is 0 Å². The molecule has 0 saturated heterocycles. The fraction of sp³-hybridized carbons (Fsp3) is 0.222. The summed E-state index contributed by atoms with van der Waals surface area (Å²) in [5.41, 5.74) is 15.2. The van der Waals surface area contributed by atoms with Gasteiger partial charge in [-0.15, -0.1) is 0 Å². The van der Waals surface area contributed by atoms with E-state index in [1.165, 1.54) is 64.0 Å². The van der Waals surface area contributed by atoms with Gasteiger partial charge in [0.15, 0.2) is 0 Å². The summed E-state index contributed by atoms with van der Waals surface area (Å²) < 4.78 is 0. The first-order chi connectivity index (χ1) is 27.5. The number of hydrogen-bond donors (Lipinski definition) is 0. The Bertz CT molecular complexity index is 2310. The lowest BCUT2D eigenvalue weighted by Gasteiger charge is -2.36. The van der Waals surface area contributed by atoms with Gasteiger partial charge in [-0.1, -0.05) is 156 Å². The van der Waals surface area contributed by atoms with Crippen LogP contribution in [0.1, 0.15) is 88.5 Å². The van der Waals surface area contributed by atoms with Crippen molar-refractivity contribution in [3.63, 3.8) is 0 Å². The predicted molar refractivity (Wildman–Crippen MR) is 240 cm³/mol. The molecule has 7 aromatic carbocycles. The second-order valence-electron chi connectivity index (χ2n) is 15.6. The molecule has 0 heterocycles. The molecule has 7 aromatic rings. The maximum absolute atomic E-state index is 2.45. The lowest BCUT2D eigenvalue weighted by molar-refractivity contribution is 0.431. The number of para-hydroxylation sites is 3. The number of unbranched alkanes of at least 4 members (excludes halogenated alkanes) is 2. The van der Waals surface area contributed by atoms with Crippen molar-refractivity contribution < 1.29 is 0 Å². The van der Waals surface area contributed by atoms with Crippen LogP contribution < -0.4 is 9.80 Å². The van der Waals surface area contributed by atoms with E-state index in [0.717, 1.165) is 42.0 Å². The lowest BCUT2D eigenvalue weighted by atomic mass is 9.69. The first-order valence-electron chi connectivity index (χ1n) is 20.7. The molecule has 0 N–H and O–H groups in total. The molecule has 0 fully saturated rings. The molecule has 2 atom stereocenters. The Morgan fingerprint density at radius 2 is 0.857 bits per heavy atom. The zero-order valence-corrected chi connectivity index (χ0v) is 33.5. The van der Waals surface area contributed by atoms with Crippen molar-refractivity contribution in [3.8, 4) is 11.1 Å². The van der Waals surface area contributed by atoms with Gasteiger partial charge in [-0.05, 0) is 125 Å². The van der Waals surface area contributed by atoms with Crippen LogP contribution in [0, 0.1) is 0 Å². The van der Waals surface area contributed by atoms with Crippen LogP contribution in [0.4, 0.5) is 34.1 Å². The van der Waals surface area contributed by atoms with Gasteiger partial charge in [-0.3, -0.25) is 0 Å². The predicted octanol–water partition coefficient (Wildman–Crippen LogP) is 15.6. The molecule has 0 amide bonds. The molecule has 1 aliphatic carbocycles. The fourth-order valence-corrected chi connectivity index (χ4v) is 9.29. The third-order valence-corrected chi connectivity index (χ3v) is 12.6. The third-order valence-electron chi connectivity index (χ3n) is 12.6. The molecule has 2 heteroatoms. The van der Waals surface area contributed by atoms with Gasteiger partial charge in [0.1, 0.15) is 0 Å². The molecule has 1 aliphatic rings. The molecule has 0 saturated carbocycles. The fourth-order valence-electron chi connectivity index (χ4n) is 9.29. The van der Waals surface area contributed by atoms with Crippen LogP contribution in [0.3, 0.4) is 0 Å². The van der Waals surface area contributed by atoms with Crippen molar-refractivity contribution in [3.05, 3.63) is 204 Å². The van der Waals surface area contributed by atoms with Gasteiger partial charge in [-0.2, -0.15) is 0 Å². The van der Waals surface area contributed by atoms with Gasteiger partial charge in [0, 0.05) is 45.0 Å². The van der Waals surface area contributed by atoms with E-state index in [9.17, 15) is 0 Å². The third kappa shape index (κ3) is 6.72. The van der Waals surface area contributed by atoms with Crippen molar-refractivity contribution in [2.75, 3.05) is 9.80 Å². The lowest BCUT2D eigenvalue weighted by Crippen LogP contribution is -2.27. The highest BCUT2D eigenvalue weighted by Gasteiger charge is 2.38. The number of anilines is 6. The van der Waals surface area contributed by atoms with Crippen LogP contribution in [-0.2, 0) is 10.8 Å². The maximum Gasteiger partial charge on any atom is 0.0465 e. The highest BCUT2D eigenvalue weighted by Crippen LogP contribution is 2.52. The molecule has 8 rings (SSSR count). The van der Waals surface area contributed by atoms with E-state index >= 15 is 0 Å². The maximum atomic E-state index is 2.45. The molecule has 56 heavy (non-hydrogen) atoms. The van der Waals surface area contributed by atoms with Gasteiger partial charge < -0.3 is 9.80 Å². The topological polar surface area (TPSA) is 6.48 Å². The molecule has 280 valence electrons. The highest BCUT2D eigenvalue weighted by atomic mass is 15.1.